The van der Waals surface area contributed by atoms with Crippen molar-refractivity contribution in [1.82, 2.24) is 20.5 Å². The second kappa shape index (κ2) is 10.5. The maximum absolute atomic E-state index is 12.9. The van der Waals surface area contributed by atoms with Crippen molar-refractivity contribution in [2.24, 2.45) is 10.2 Å². The van der Waals surface area contributed by atoms with Crippen molar-refractivity contribution in [1.29, 1.82) is 0 Å². The minimum atomic E-state index is -0.684. The number of hydrogen-bond acceptors (Lipinski definition) is 7. The standard InChI is InChI=1S/C30H46N6O4/c1-27(2)14-19(15-28(3,4)34-27)36(20-16-29(5,6)35-30(7,8)17-20)12-11-23(37)32-33-24(38)18-9-10-21-22(13-18)26(40)31-25(21)39/h9-10,13,19-20,31,34-35,39-40H,11-12,14-17H2,1-8H3. The summed E-state index contributed by atoms with van der Waals surface area (Å²) in [5.74, 6) is -1.56. The normalized spacial score (nSPS) is 22.7. The SMILES string of the molecule is CC1(C)CC(N(CCC(=O)N=NC(=O)c2ccc3c(O)[nH]c(O)c3c2)C2CC(C)(C)NC(C)(C)C2)CC(C)(C)N1. The summed E-state index contributed by atoms with van der Waals surface area (Å²) in [4.78, 5) is 30.5. The van der Waals surface area contributed by atoms with E-state index in [1.807, 2.05) is 0 Å². The van der Waals surface area contributed by atoms with Crippen molar-refractivity contribution in [2.75, 3.05) is 6.54 Å². The lowest BCUT2D eigenvalue weighted by atomic mass is 9.75. The van der Waals surface area contributed by atoms with Crippen LogP contribution in [0.15, 0.2) is 28.4 Å². The van der Waals surface area contributed by atoms with Gasteiger partial charge in [0, 0.05) is 63.5 Å². The Kier molecular flexibility index (Phi) is 7.94. The summed E-state index contributed by atoms with van der Waals surface area (Å²) in [6, 6.07) is 4.99. The van der Waals surface area contributed by atoms with Gasteiger partial charge in [-0.2, -0.15) is 0 Å². The number of fused-ring (bicyclic) bond motifs is 1. The highest BCUT2D eigenvalue weighted by Gasteiger charge is 2.45. The number of nitrogens with zero attached hydrogens (tertiary/aromatic N) is 3. The molecule has 10 heteroatoms. The van der Waals surface area contributed by atoms with Crippen molar-refractivity contribution < 1.29 is 19.8 Å². The Morgan fingerprint density at radius 3 is 1.77 bits per heavy atom. The third kappa shape index (κ3) is 7.08. The summed E-state index contributed by atoms with van der Waals surface area (Å²) in [5.41, 5.74) is 0.0165. The van der Waals surface area contributed by atoms with Crippen LogP contribution >= 0.6 is 0 Å². The van der Waals surface area contributed by atoms with E-state index in [1.54, 1.807) is 0 Å². The third-order valence-corrected chi connectivity index (χ3v) is 8.13. The van der Waals surface area contributed by atoms with Crippen molar-refractivity contribution >= 4 is 22.6 Å². The number of aromatic hydroxyl groups is 2. The molecule has 4 rings (SSSR count). The molecule has 0 aliphatic carbocycles. The van der Waals surface area contributed by atoms with Gasteiger partial charge in [0.25, 0.3) is 11.8 Å². The number of aromatic nitrogens is 1. The summed E-state index contributed by atoms with van der Waals surface area (Å²) < 4.78 is 0. The van der Waals surface area contributed by atoms with E-state index in [1.165, 1.54) is 18.2 Å². The number of hydrogen-bond donors (Lipinski definition) is 5. The molecule has 40 heavy (non-hydrogen) atoms. The van der Waals surface area contributed by atoms with Gasteiger partial charge in [0.15, 0.2) is 11.8 Å². The molecule has 220 valence electrons. The fourth-order valence-corrected chi connectivity index (χ4v) is 7.43. The lowest BCUT2D eigenvalue weighted by Crippen LogP contribution is -2.67. The highest BCUT2D eigenvalue weighted by atomic mass is 16.3. The highest BCUT2D eigenvalue weighted by molar-refractivity contribution is 6.02. The Labute approximate surface area is 237 Å². The summed E-state index contributed by atoms with van der Waals surface area (Å²) >= 11 is 0. The van der Waals surface area contributed by atoms with Gasteiger partial charge in [-0.15, -0.1) is 10.2 Å². The summed E-state index contributed by atoms with van der Waals surface area (Å²) in [6.45, 7) is 18.5. The molecule has 0 unspecified atom stereocenters. The molecule has 2 aliphatic heterocycles. The van der Waals surface area contributed by atoms with E-state index in [-0.39, 0.29) is 45.9 Å². The van der Waals surface area contributed by atoms with Crippen molar-refractivity contribution in [3.8, 4) is 11.8 Å². The molecule has 2 aromatic rings. The molecule has 0 bridgehead atoms. The van der Waals surface area contributed by atoms with Gasteiger partial charge in [0.05, 0.1) is 0 Å². The van der Waals surface area contributed by atoms with Crippen LogP contribution < -0.4 is 10.6 Å². The second-order valence-electron chi connectivity index (χ2n) is 14.4. The summed E-state index contributed by atoms with van der Waals surface area (Å²) in [5, 5.41) is 35.4. The lowest BCUT2D eigenvalue weighted by molar-refractivity contribution is -0.119. The molecule has 0 atom stereocenters. The number of nitrogens with one attached hydrogen (secondary N) is 3. The lowest BCUT2D eigenvalue weighted by Gasteiger charge is -2.55. The van der Waals surface area contributed by atoms with E-state index in [0.29, 0.717) is 29.4 Å². The molecule has 3 heterocycles. The molecule has 1 aromatic carbocycles. The Morgan fingerprint density at radius 1 is 0.800 bits per heavy atom. The third-order valence-electron chi connectivity index (χ3n) is 8.13. The first-order valence-electron chi connectivity index (χ1n) is 14.2. The number of rotatable bonds is 6. The van der Waals surface area contributed by atoms with Crippen LogP contribution in [0.2, 0.25) is 0 Å². The highest BCUT2D eigenvalue weighted by Crippen LogP contribution is 2.38. The van der Waals surface area contributed by atoms with Crippen LogP contribution in [0.5, 0.6) is 11.8 Å². The van der Waals surface area contributed by atoms with Crippen LogP contribution in [-0.2, 0) is 4.79 Å². The smallest absolute Gasteiger partial charge is 0.295 e. The largest absolute Gasteiger partial charge is 0.494 e. The molecule has 10 nitrogen and oxygen atoms in total. The first-order chi connectivity index (χ1) is 18.4. The van der Waals surface area contributed by atoms with Crippen LogP contribution in [-0.4, -0.2) is 72.7 Å². The van der Waals surface area contributed by atoms with Crippen molar-refractivity contribution in [3.63, 3.8) is 0 Å². The van der Waals surface area contributed by atoms with Crippen LogP contribution in [0, 0.1) is 0 Å². The quantitative estimate of drug-likeness (QED) is 0.316. The monoisotopic (exact) mass is 554 g/mol. The first-order valence-corrected chi connectivity index (χ1v) is 14.2. The number of amides is 2. The van der Waals surface area contributed by atoms with E-state index < -0.39 is 11.8 Å². The second-order valence-corrected chi connectivity index (χ2v) is 14.4. The van der Waals surface area contributed by atoms with Crippen LogP contribution in [0.25, 0.3) is 10.8 Å². The predicted molar refractivity (Wildman–Crippen MR) is 156 cm³/mol. The van der Waals surface area contributed by atoms with Crippen molar-refractivity contribution in [2.45, 2.75) is 122 Å². The molecule has 2 aliphatic rings. The summed E-state index contributed by atoms with van der Waals surface area (Å²) in [6.07, 6.45) is 4.05. The average Bonchev–Trinajstić information content (AvgIpc) is 3.06. The molecular formula is C30H46N6O4. The van der Waals surface area contributed by atoms with E-state index >= 15 is 0 Å². The van der Waals surface area contributed by atoms with Gasteiger partial charge >= 0.3 is 0 Å². The molecule has 0 spiro atoms. The van der Waals surface area contributed by atoms with Gasteiger partial charge < -0.3 is 20.8 Å². The number of carbonyl (C=O) groups is 2. The molecule has 2 amide bonds. The zero-order valence-electron chi connectivity index (χ0n) is 25.2. The Bertz CT molecular complexity index is 1240. The van der Waals surface area contributed by atoms with Crippen LogP contribution in [0.1, 0.15) is 97.9 Å². The topological polar surface area (TPSA) is 142 Å². The van der Waals surface area contributed by atoms with Gasteiger partial charge in [-0.05, 0) is 99.3 Å². The maximum atomic E-state index is 12.9. The minimum Gasteiger partial charge on any atom is -0.494 e. The average molecular weight is 555 g/mol. The molecule has 0 radical (unpaired) electrons. The number of aromatic amines is 1. The zero-order chi connectivity index (χ0) is 29.7. The minimum absolute atomic E-state index is 0.0372. The number of H-pyrrole nitrogens is 1. The van der Waals surface area contributed by atoms with E-state index in [2.05, 4.69) is 86.1 Å². The fraction of sp³-hybridized carbons (Fsp3) is 0.667. The van der Waals surface area contributed by atoms with Gasteiger partial charge in [0.2, 0.25) is 0 Å². The van der Waals surface area contributed by atoms with Gasteiger partial charge in [-0.25, -0.2) is 0 Å². The van der Waals surface area contributed by atoms with E-state index in [9.17, 15) is 19.8 Å². The Hall–Kier alpha value is -2.82. The van der Waals surface area contributed by atoms with Gasteiger partial charge in [0.1, 0.15) is 0 Å². The molecular weight excluding hydrogens is 508 g/mol. The molecule has 0 saturated carbocycles. The van der Waals surface area contributed by atoms with Crippen LogP contribution in [0.4, 0.5) is 0 Å². The number of carbonyl (C=O) groups excluding carboxylic acids is 2. The Balaban J connectivity index is 1.50. The molecule has 2 fully saturated rings. The van der Waals surface area contributed by atoms with Gasteiger partial charge in [-0.1, -0.05) is 0 Å². The number of azo groups is 1. The van der Waals surface area contributed by atoms with Crippen LogP contribution in [0.3, 0.4) is 0 Å². The number of piperidine rings is 2. The molecule has 5 N–H and O–H groups in total. The fourth-order valence-electron chi connectivity index (χ4n) is 7.43. The Morgan fingerprint density at radius 2 is 1.27 bits per heavy atom. The van der Waals surface area contributed by atoms with E-state index in [0.717, 1.165) is 25.7 Å². The molecule has 1 aromatic heterocycles. The maximum Gasteiger partial charge on any atom is 0.295 e. The van der Waals surface area contributed by atoms with E-state index in [4.69, 9.17) is 0 Å². The molecule has 2 saturated heterocycles. The van der Waals surface area contributed by atoms with Gasteiger partial charge in [-0.3, -0.25) is 19.5 Å². The van der Waals surface area contributed by atoms with Crippen molar-refractivity contribution in [3.05, 3.63) is 23.8 Å². The zero-order valence-corrected chi connectivity index (χ0v) is 25.2. The predicted octanol–water partition coefficient (Wildman–Crippen LogP) is 5.01. The first kappa shape index (κ1) is 30.1. The summed E-state index contributed by atoms with van der Waals surface area (Å²) in [7, 11) is 0. The number of benzene rings is 1.